The van der Waals surface area contributed by atoms with Crippen LogP contribution >= 0.6 is 0 Å². The Labute approximate surface area is 115 Å². The van der Waals surface area contributed by atoms with Crippen molar-refractivity contribution >= 4 is 0 Å². The standard InChI is InChI=1S/C16H34N2/c1-5-10-15(3)18(4)14-16(13-17-6-2)11-8-7-9-12-16/h15,17H,5-14H2,1-4H3. The fourth-order valence-electron chi connectivity index (χ4n) is 3.41. The van der Waals surface area contributed by atoms with E-state index in [4.69, 9.17) is 0 Å². The summed E-state index contributed by atoms with van der Waals surface area (Å²) in [5, 5.41) is 3.61. The molecule has 2 nitrogen and oxygen atoms in total. The van der Waals surface area contributed by atoms with E-state index < -0.39 is 0 Å². The molecule has 1 rings (SSSR count). The zero-order valence-corrected chi connectivity index (χ0v) is 13.1. The van der Waals surface area contributed by atoms with Crippen LogP contribution in [0.5, 0.6) is 0 Å². The minimum atomic E-state index is 0.547. The Bertz CT molecular complexity index is 209. The van der Waals surface area contributed by atoms with Crippen molar-refractivity contribution < 1.29 is 0 Å². The van der Waals surface area contributed by atoms with Crippen LogP contribution in [-0.2, 0) is 0 Å². The van der Waals surface area contributed by atoms with Crippen molar-refractivity contribution in [2.24, 2.45) is 5.41 Å². The van der Waals surface area contributed by atoms with E-state index in [0.29, 0.717) is 5.41 Å². The van der Waals surface area contributed by atoms with Gasteiger partial charge in [0, 0.05) is 19.1 Å². The largest absolute Gasteiger partial charge is 0.316 e. The lowest BCUT2D eigenvalue weighted by Crippen LogP contribution is -2.46. The zero-order valence-electron chi connectivity index (χ0n) is 13.1. The lowest BCUT2D eigenvalue weighted by Gasteiger charge is -2.42. The van der Waals surface area contributed by atoms with Gasteiger partial charge in [-0.1, -0.05) is 39.5 Å². The maximum atomic E-state index is 3.61. The minimum absolute atomic E-state index is 0.547. The average molecular weight is 254 g/mol. The van der Waals surface area contributed by atoms with Gasteiger partial charge in [-0.25, -0.2) is 0 Å². The second kappa shape index (κ2) is 8.16. The molecule has 1 N–H and O–H groups in total. The van der Waals surface area contributed by atoms with Crippen molar-refractivity contribution in [2.75, 3.05) is 26.7 Å². The fraction of sp³-hybridized carbons (Fsp3) is 1.00. The maximum Gasteiger partial charge on any atom is 0.00640 e. The summed E-state index contributed by atoms with van der Waals surface area (Å²) in [7, 11) is 2.32. The van der Waals surface area contributed by atoms with Crippen LogP contribution in [0.15, 0.2) is 0 Å². The van der Waals surface area contributed by atoms with E-state index in [1.807, 2.05) is 0 Å². The smallest absolute Gasteiger partial charge is 0.00640 e. The molecule has 0 bridgehead atoms. The molecule has 0 spiro atoms. The molecule has 1 fully saturated rings. The van der Waals surface area contributed by atoms with Crippen LogP contribution in [0.3, 0.4) is 0 Å². The Balaban J connectivity index is 2.54. The van der Waals surface area contributed by atoms with Crippen molar-refractivity contribution in [1.29, 1.82) is 0 Å². The van der Waals surface area contributed by atoms with Gasteiger partial charge in [-0.2, -0.15) is 0 Å². The Hall–Kier alpha value is -0.0800. The van der Waals surface area contributed by atoms with E-state index in [-0.39, 0.29) is 0 Å². The highest BCUT2D eigenvalue weighted by molar-refractivity contribution is 4.88. The van der Waals surface area contributed by atoms with Gasteiger partial charge in [0.05, 0.1) is 0 Å². The number of nitrogens with one attached hydrogen (secondary N) is 1. The molecule has 0 heterocycles. The number of hydrogen-bond acceptors (Lipinski definition) is 2. The van der Waals surface area contributed by atoms with E-state index in [1.54, 1.807) is 0 Å². The molecule has 108 valence electrons. The summed E-state index contributed by atoms with van der Waals surface area (Å²) in [5.74, 6) is 0. The lowest BCUT2D eigenvalue weighted by atomic mass is 9.73. The summed E-state index contributed by atoms with van der Waals surface area (Å²) in [6.07, 6.45) is 9.77. The predicted molar refractivity (Wildman–Crippen MR) is 81.1 cm³/mol. The first-order valence-electron chi connectivity index (χ1n) is 8.04. The first-order chi connectivity index (χ1) is 8.63. The first-order valence-corrected chi connectivity index (χ1v) is 8.04. The second-order valence-electron chi connectivity index (χ2n) is 6.39. The summed E-state index contributed by atoms with van der Waals surface area (Å²) < 4.78 is 0. The van der Waals surface area contributed by atoms with Crippen molar-refractivity contribution in [3.05, 3.63) is 0 Å². The number of rotatable bonds is 8. The van der Waals surface area contributed by atoms with Gasteiger partial charge in [0.25, 0.3) is 0 Å². The third-order valence-corrected chi connectivity index (χ3v) is 4.71. The molecular weight excluding hydrogens is 220 g/mol. The SMILES string of the molecule is CCCC(C)N(C)CC1(CNCC)CCCCC1. The predicted octanol–water partition coefficient (Wildman–Crippen LogP) is 3.67. The van der Waals surface area contributed by atoms with E-state index in [0.717, 1.165) is 12.6 Å². The second-order valence-corrected chi connectivity index (χ2v) is 6.39. The molecule has 2 heteroatoms. The van der Waals surface area contributed by atoms with E-state index in [1.165, 1.54) is 58.0 Å². The summed E-state index contributed by atoms with van der Waals surface area (Å²) in [4.78, 5) is 2.60. The van der Waals surface area contributed by atoms with Gasteiger partial charge >= 0.3 is 0 Å². The van der Waals surface area contributed by atoms with Crippen LogP contribution in [0.25, 0.3) is 0 Å². The molecule has 1 atom stereocenters. The normalized spacial score (nSPS) is 21.2. The molecule has 0 radical (unpaired) electrons. The van der Waals surface area contributed by atoms with Crippen molar-refractivity contribution in [1.82, 2.24) is 10.2 Å². The van der Waals surface area contributed by atoms with Crippen molar-refractivity contribution in [3.63, 3.8) is 0 Å². The van der Waals surface area contributed by atoms with Crippen LogP contribution in [0.2, 0.25) is 0 Å². The van der Waals surface area contributed by atoms with Gasteiger partial charge < -0.3 is 10.2 Å². The summed E-state index contributed by atoms with van der Waals surface area (Å²) in [5.41, 5.74) is 0.547. The molecule has 1 aliphatic carbocycles. The van der Waals surface area contributed by atoms with Crippen LogP contribution in [0.4, 0.5) is 0 Å². The molecular formula is C16H34N2. The van der Waals surface area contributed by atoms with E-state index >= 15 is 0 Å². The monoisotopic (exact) mass is 254 g/mol. The van der Waals surface area contributed by atoms with Crippen LogP contribution < -0.4 is 5.32 Å². The molecule has 1 unspecified atom stereocenters. The Morgan fingerprint density at radius 3 is 2.39 bits per heavy atom. The number of nitrogens with zero attached hydrogens (tertiary/aromatic N) is 1. The van der Waals surface area contributed by atoms with Gasteiger partial charge in [0.2, 0.25) is 0 Å². The van der Waals surface area contributed by atoms with Gasteiger partial charge in [-0.3, -0.25) is 0 Å². The molecule has 0 aliphatic heterocycles. The molecule has 0 aromatic heterocycles. The highest BCUT2D eigenvalue weighted by atomic mass is 15.1. The van der Waals surface area contributed by atoms with Gasteiger partial charge in [-0.05, 0) is 45.2 Å². The molecule has 0 saturated heterocycles. The molecule has 1 aliphatic rings. The highest BCUT2D eigenvalue weighted by Gasteiger charge is 2.33. The molecule has 18 heavy (non-hydrogen) atoms. The van der Waals surface area contributed by atoms with Crippen molar-refractivity contribution in [2.45, 2.75) is 71.8 Å². The van der Waals surface area contributed by atoms with E-state index in [9.17, 15) is 0 Å². The molecule has 0 amide bonds. The van der Waals surface area contributed by atoms with Crippen LogP contribution in [0, 0.1) is 5.41 Å². The topological polar surface area (TPSA) is 15.3 Å². The fourth-order valence-corrected chi connectivity index (χ4v) is 3.41. The third-order valence-electron chi connectivity index (χ3n) is 4.71. The van der Waals surface area contributed by atoms with Gasteiger partial charge in [0.1, 0.15) is 0 Å². The molecule has 0 aromatic carbocycles. The van der Waals surface area contributed by atoms with Gasteiger partial charge in [-0.15, -0.1) is 0 Å². The quantitative estimate of drug-likeness (QED) is 0.711. The molecule has 1 saturated carbocycles. The van der Waals surface area contributed by atoms with Crippen LogP contribution in [0.1, 0.15) is 65.7 Å². The summed E-state index contributed by atoms with van der Waals surface area (Å²) >= 11 is 0. The van der Waals surface area contributed by atoms with Crippen molar-refractivity contribution in [3.8, 4) is 0 Å². The van der Waals surface area contributed by atoms with E-state index in [2.05, 4.69) is 38.0 Å². The Kier molecular flexibility index (Phi) is 7.25. The third kappa shape index (κ3) is 4.89. The zero-order chi connectivity index (χ0) is 13.4. The lowest BCUT2D eigenvalue weighted by molar-refractivity contribution is 0.0948. The number of hydrogen-bond donors (Lipinski definition) is 1. The van der Waals surface area contributed by atoms with Gasteiger partial charge in [0.15, 0.2) is 0 Å². The Morgan fingerprint density at radius 2 is 1.83 bits per heavy atom. The molecule has 0 aromatic rings. The summed E-state index contributed by atoms with van der Waals surface area (Å²) in [6.45, 7) is 10.5. The average Bonchev–Trinajstić information content (AvgIpc) is 2.38. The maximum absolute atomic E-state index is 3.61. The minimum Gasteiger partial charge on any atom is -0.316 e. The summed E-state index contributed by atoms with van der Waals surface area (Å²) in [6, 6.07) is 0.732. The van der Waals surface area contributed by atoms with Crippen LogP contribution in [-0.4, -0.2) is 37.6 Å². The Morgan fingerprint density at radius 1 is 1.17 bits per heavy atom. The highest BCUT2D eigenvalue weighted by Crippen LogP contribution is 2.36. The first kappa shape index (κ1) is 16.0.